The molecule has 4 nitrogen and oxygen atoms in total. The van der Waals surface area contributed by atoms with Crippen LogP contribution in [0.4, 0.5) is 13.2 Å². The van der Waals surface area contributed by atoms with Crippen molar-refractivity contribution in [3.8, 4) is 0 Å². The Balaban J connectivity index is 1.84. The lowest BCUT2D eigenvalue weighted by atomic mass is 9.89. The van der Waals surface area contributed by atoms with E-state index >= 15 is 0 Å². The lowest BCUT2D eigenvalue weighted by molar-refractivity contribution is -0.198. The Morgan fingerprint density at radius 1 is 1.17 bits per heavy atom. The molecule has 0 spiro atoms. The first-order valence-electron chi connectivity index (χ1n) is 7.81. The van der Waals surface area contributed by atoms with Crippen molar-refractivity contribution < 1.29 is 27.9 Å². The van der Waals surface area contributed by atoms with Crippen LogP contribution in [0.1, 0.15) is 29.9 Å². The van der Waals surface area contributed by atoms with E-state index in [1.165, 1.54) is 0 Å². The number of carboxylic acid groups (broad SMARTS) is 1. The highest BCUT2D eigenvalue weighted by molar-refractivity contribution is 5.87. The van der Waals surface area contributed by atoms with Gasteiger partial charge in [0.2, 0.25) is 5.91 Å². The molecule has 3 rings (SSSR count). The molecule has 1 aliphatic heterocycles. The molecule has 1 saturated carbocycles. The van der Waals surface area contributed by atoms with E-state index in [0.717, 1.165) is 16.0 Å². The van der Waals surface area contributed by atoms with Crippen molar-refractivity contribution in [2.75, 3.05) is 13.1 Å². The number of carboxylic acids is 1. The van der Waals surface area contributed by atoms with Crippen LogP contribution in [-0.4, -0.2) is 41.1 Å². The number of aliphatic carboxylic acids is 1. The minimum Gasteiger partial charge on any atom is -0.481 e. The Labute approximate surface area is 137 Å². The van der Waals surface area contributed by atoms with Crippen molar-refractivity contribution >= 4 is 11.9 Å². The Bertz CT molecular complexity index is 665. The first-order valence-corrected chi connectivity index (χ1v) is 7.81. The summed E-state index contributed by atoms with van der Waals surface area (Å²) in [6.45, 7) is 1.73. The van der Waals surface area contributed by atoms with Gasteiger partial charge in [0.25, 0.3) is 0 Å². The van der Waals surface area contributed by atoms with Crippen molar-refractivity contribution in [1.82, 2.24) is 4.90 Å². The highest BCUT2D eigenvalue weighted by Gasteiger charge is 2.70. The van der Waals surface area contributed by atoms with Crippen molar-refractivity contribution in [1.29, 1.82) is 0 Å². The molecule has 2 atom stereocenters. The third kappa shape index (κ3) is 2.65. The molecule has 1 heterocycles. The second-order valence-electron chi connectivity index (χ2n) is 6.75. The Kier molecular flexibility index (Phi) is 3.85. The quantitative estimate of drug-likeness (QED) is 0.920. The normalized spacial score (nSPS) is 25.6. The van der Waals surface area contributed by atoms with E-state index in [4.69, 9.17) is 0 Å². The van der Waals surface area contributed by atoms with Crippen molar-refractivity contribution in [3.05, 3.63) is 35.4 Å². The number of alkyl halides is 3. The molecule has 1 N–H and O–H groups in total. The molecule has 1 amide bonds. The number of hydrogen-bond donors (Lipinski definition) is 1. The number of benzene rings is 1. The molecule has 130 valence electrons. The topological polar surface area (TPSA) is 57.6 Å². The second-order valence-corrected chi connectivity index (χ2v) is 6.75. The molecule has 2 aliphatic rings. The highest BCUT2D eigenvalue weighted by Crippen LogP contribution is 2.59. The van der Waals surface area contributed by atoms with Crippen LogP contribution in [0.15, 0.2) is 24.3 Å². The number of nitrogens with zero attached hydrogens (tertiary/aromatic N) is 1. The van der Waals surface area contributed by atoms with Gasteiger partial charge in [-0.1, -0.05) is 29.8 Å². The van der Waals surface area contributed by atoms with E-state index in [2.05, 4.69) is 0 Å². The van der Waals surface area contributed by atoms with E-state index in [-0.39, 0.29) is 25.9 Å². The number of amides is 1. The van der Waals surface area contributed by atoms with Gasteiger partial charge in [0, 0.05) is 19.0 Å². The fourth-order valence-corrected chi connectivity index (χ4v) is 3.42. The summed E-state index contributed by atoms with van der Waals surface area (Å²) in [5.41, 5.74) is -0.552. The summed E-state index contributed by atoms with van der Waals surface area (Å²) in [7, 11) is 0. The summed E-state index contributed by atoms with van der Waals surface area (Å²) < 4.78 is 39.5. The molecule has 1 saturated heterocycles. The predicted molar refractivity (Wildman–Crippen MR) is 79.3 cm³/mol. The molecule has 0 radical (unpaired) electrons. The van der Waals surface area contributed by atoms with Crippen LogP contribution in [0.5, 0.6) is 0 Å². The molecule has 0 aromatic heterocycles. The molecule has 0 unspecified atom stereocenters. The van der Waals surface area contributed by atoms with Gasteiger partial charge in [0.15, 0.2) is 0 Å². The Hall–Kier alpha value is -2.05. The van der Waals surface area contributed by atoms with Gasteiger partial charge in [-0.15, -0.1) is 0 Å². The average molecular weight is 341 g/mol. The van der Waals surface area contributed by atoms with Crippen LogP contribution >= 0.6 is 0 Å². The standard InChI is InChI=1S/C17H18F3NO3/c1-10-2-4-11(5-3-10)12-8-21(9-13(12)14(22)23)15(24)16(6-7-16)17(18,19)20/h2-5,12-13H,6-9H2,1H3,(H,22,23)/t12-,13+/m0/s1. The van der Waals surface area contributed by atoms with Crippen molar-refractivity contribution in [3.63, 3.8) is 0 Å². The first-order chi connectivity index (χ1) is 11.2. The number of hydrogen-bond acceptors (Lipinski definition) is 2. The van der Waals surface area contributed by atoms with Crippen LogP contribution in [-0.2, 0) is 9.59 Å². The van der Waals surface area contributed by atoms with Gasteiger partial charge < -0.3 is 10.0 Å². The molecular weight excluding hydrogens is 323 g/mol. The first kappa shape index (κ1) is 16.8. The third-order valence-corrected chi connectivity index (χ3v) is 5.13. The molecule has 1 aliphatic carbocycles. The molecular formula is C17H18F3NO3. The van der Waals surface area contributed by atoms with Crippen LogP contribution in [0.25, 0.3) is 0 Å². The summed E-state index contributed by atoms with van der Waals surface area (Å²) in [4.78, 5) is 25.0. The van der Waals surface area contributed by atoms with E-state index in [1.54, 1.807) is 12.1 Å². The third-order valence-electron chi connectivity index (χ3n) is 5.13. The number of halogens is 3. The maximum absolute atomic E-state index is 13.2. The minimum absolute atomic E-state index is 0.0106. The summed E-state index contributed by atoms with van der Waals surface area (Å²) in [5.74, 6) is -3.44. The number of carbonyl (C=O) groups is 2. The number of likely N-dealkylation sites (tertiary alicyclic amines) is 1. The summed E-state index contributed by atoms with van der Waals surface area (Å²) in [5, 5.41) is 9.42. The van der Waals surface area contributed by atoms with Crippen molar-refractivity contribution in [2.45, 2.75) is 31.9 Å². The highest BCUT2D eigenvalue weighted by atomic mass is 19.4. The van der Waals surface area contributed by atoms with Gasteiger partial charge in [-0.3, -0.25) is 9.59 Å². The monoisotopic (exact) mass is 341 g/mol. The van der Waals surface area contributed by atoms with Crippen LogP contribution in [0, 0.1) is 18.3 Å². The fourth-order valence-electron chi connectivity index (χ4n) is 3.42. The van der Waals surface area contributed by atoms with Gasteiger partial charge in [0.1, 0.15) is 5.41 Å². The van der Waals surface area contributed by atoms with Crippen LogP contribution in [0.3, 0.4) is 0 Å². The zero-order valence-electron chi connectivity index (χ0n) is 13.1. The fraction of sp³-hybridized carbons (Fsp3) is 0.529. The van der Waals surface area contributed by atoms with Gasteiger partial charge in [-0.05, 0) is 25.3 Å². The summed E-state index contributed by atoms with van der Waals surface area (Å²) in [6.07, 6.45) is -5.00. The minimum atomic E-state index is -4.58. The summed E-state index contributed by atoms with van der Waals surface area (Å²) >= 11 is 0. The maximum Gasteiger partial charge on any atom is 0.403 e. The van der Waals surface area contributed by atoms with E-state index in [9.17, 15) is 27.9 Å². The number of carbonyl (C=O) groups excluding carboxylic acids is 1. The van der Waals surface area contributed by atoms with E-state index in [0.29, 0.717) is 0 Å². The van der Waals surface area contributed by atoms with Gasteiger partial charge in [0.05, 0.1) is 5.92 Å². The molecule has 0 bridgehead atoms. The average Bonchev–Trinajstić information content (AvgIpc) is 3.20. The van der Waals surface area contributed by atoms with Gasteiger partial charge in [-0.25, -0.2) is 0 Å². The molecule has 24 heavy (non-hydrogen) atoms. The number of aryl methyl sites for hydroxylation is 1. The maximum atomic E-state index is 13.2. The second kappa shape index (κ2) is 5.50. The lowest BCUT2D eigenvalue weighted by Crippen LogP contribution is -2.43. The molecule has 1 aromatic rings. The predicted octanol–water partition coefficient (Wildman–Crippen LogP) is 2.96. The van der Waals surface area contributed by atoms with Gasteiger partial charge in [-0.2, -0.15) is 13.2 Å². The van der Waals surface area contributed by atoms with Crippen LogP contribution < -0.4 is 0 Å². The molecule has 1 aromatic carbocycles. The lowest BCUT2D eigenvalue weighted by Gasteiger charge is -2.25. The molecule has 7 heteroatoms. The zero-order chi connectivity index (χ0) is 17.7. The van der Waals surface area contributed by atoms with E-state index < -0.39 is 35.3 Å². The van der Waals surface area contributed by atoms with Gasteiger partial charge >= 0.3 is 12.1 Å². The zero-order valence-corrected chi connectivity index (χ0v) is 13.1. The smallest absolute Gasteiger partial charge is 0.403 e. The van der Waals surface area contributed by atoms with Crippen LogP contribution in [0.2, 0.25) is 0 Å². The van der Waals surface area contributed by atoms with E-state index in [1.807, 2.05) is 19.1 Å². The van der Waals surface area contributed by atoms with Crippen molar-refractivity contribution in [2.24, 2.45) is 11.3 Å². The Morgan fingerprint density at radius 2 is 1.75 bits per heavy atom. The summed E-state index contributed by atoms with van der Waals surface area (Å²) in [6, 6.07) is 7.22. The SMILES string of the molecule is Cc1ccc([C@@H]2CN(C(=O)C3(C(F)(F)F)CC3)C[C@H]2C(=O)O)cc1. The molecule has 2 fully saturated rings. The Morgan fingerprint density at radius 3 is 2.21 bits per heavy atom. The largest absolute Gasteiger partial charge is 0.481 e. The number of rotatable bonds is 3.